The summed E-state index contributed by atoms with van der Waals surface area (Å²) in [6.07, 6.45) is 1.36. The molecule has 0 radical (unpaired) electrons. The van der Waals surface area contributed by atoms with Crippen LogP contribution >= 0.6 is 15.9 Å². The van der Waals surface area contributed by atoms with Crippen molar-refractivity contribution in [1.82, 2.24) is 10.2 Å². The second-order valence-electron chi connectivity index (χ2n) is 8.86. The highest BCUT2D eigenvalue weighted by Crippen LogP contribution is 2.22. The topological polar surface area (TPSA) is 86.8 Å². The Hall–Kier alpha value is -3.17. The van der Waals surface area contributed by atoms with Crippen LogP contribution in [0, 0.1) is 6.92 Å². The zero-order chi connectivity index (χ0) is 27.0. The molecule has 2 amide bonds. The predicted molar refractivity (Wildman–Crippen MR) is 151 cm³/mol. The van der Waals surface area contributed by atoms with E-state index >= 15 is 0 Å². The molecule has 0 bridgehead atoms. The molecule has 196 valence electrons. The molecule has 0 aliphatic carbocycles. The highest BCUT2D eigenvalue weighted by atomic mass is 79.9. The number of halogens is 1. The lowest BCUT2D eigenvalue weighted by Crippen LogP contribution is -2.53. The Morgan fingerprint density at radius 2 is 1.62 bits per heavy atom. The SMILES string of the molecule is CCNC(=O)[C@@H](Cc1ccccc1)N(Cc1cccc(Br)c1)C(=O)CN(c1cccc(C)c1)S(C)(=O)=O. The zero-order valence-corrected chi connectivity index (χ0v) is 23.6. The Morgan fingerprint density at radius 3 is 2.24 bits per heavy atom. The van der Waals surface area contributed by atoms with Gasteiger partial charge in [-0.15, -0.1) is 0 Å². The third-order valence-corrected chi connectivity index (χ3v) is 7.47. The standard InChI is InChI=1S/C28H32BrN3O4S/c1-4-30-28(34)26(18-22-11-6-5-7-12-22)31(19-23-13-9-14-24(29)17-23)27(33)20-32(37(3,35)36)25-15-8-10-21(2)16-25/h5-17,26H,4,18-20H2,1-3H3,(H,30,34)/t26-/m1/s1. The lowest BCUT2D eigenvalue weighted by atomic mass is 10.0. The molecular formula is C28H32BrN3O4S. The first-order chi connectivity index (χ1) is 17.6. The number of aryl methyl sites for hydroxylation is 1. The Kier molecular flexibility index (Phi) is 9.88. The number of hydrogen-bond donors (Lipinski definition) is 1. The maximum atomic E-state index is 13.9. The average Bonchev–Trinajstić information content (AvgIpc) is 2.84. The molecule has 0 spiro atoms. The van der Waals surface area contributed by atoms with Crippen LogP contribution in [0.3, 0.4) is 0 Å². The van der Waals surface area contributed by atoms with Gasteiger partial charge in [-0.3, -0.25) is 13.9 Å². The van der Waals surface area contributed by atoms with Gasteiger partial charge in [0.05, 0.1) is 11.9 Å². The van der Waals surface area contributed by atoms with Gasteiger partial charge in [0.25, 0.3) is 0 Å². The summed E-state index contributed by atoms with van der Waals surface area (Å²) in [7, 11) is -3.78. The molecule has 1 atom stereocenters. The molecule has 3 rings (SSSR count). The van der Waals surface area contributed by atoms with Crippen LogP contribution in [-0.4, -0.2) is 50.5 Å². The van der Waals surface area contributed by atoms with Crippen LogP contribution in [0.4, 0.5) is 5.69 Å². The number of carbonyl (C=O) groups is 2. The van der Waals surface area contributed by atoms with Crippen LogP contribution < -0.4 is 9.62 Å². The van der Waals surface area contributed by atoms with E-state index < -0.39 is 28.5 Å². The lowest BCUT2D eigenvalue weighted by molar-refractivity contribution is -0.140. The van der Waals surface area contributed by atoms with E-state index in [2.05, 4.69) is 21.2 Å². The largest absolute Gasteiger partial charge is 0.355 e. The van der Waals surface area contributed by atoms with Crippen LogP contribution in [0.5, 0.6) is 0 Å². The minimum atomic E-state index is -3.78. The zero-order valence-electron chi connectivity index (χ0n) is 21.2. The summed E-state index contributed by atoms with van der Waals surface area (Å²) in [4.78, 5) is 28.7. The van der Waals surface area contributed by atoms with Crippen LogP contribution in [0.1, 0.15) is 23.6 Å². The number of nitrogens with one attached hydrogen (secondary N) is 1. The molecule has 9 heteroatoms. The van der Waals surface area contributed by atoms with Gasteiger partial charge in [0.15, 0.2) is 0 Å². The number of nitrogens with zero attached hydrogens (tertiary/aromatic N) is 2. The third kappa shape index (κ3) is 8.16. The fraction of sp³-hybridized carbons (Fsp3) is 0.286. The summed E-state index contributed by atoms with van der Waals surface area (Å²) in [6, 6.07) is 23.1. The monoisotopic (exact) mass is 585 g/mol. The van der Waals surface area contributed by atoms with Gasteiger partial charge < -0.3 is 10.2 Å². The average molecular weight is 587 g/mol. The van der Waals surface area contributed by atoms with Gasteiger partial charge >= 0.3 is 0 Å². The number of anilines is 1. The van der Waals surface area contributed by atoms with Crippen molar-refractivity contribution in [2.24, 2.45) is 0 Å². The number of benzene rings is 3. The van der Waals surface area contributed by atoms with E-state index in [1.807, 2.05) is 74.5 Å². The molecule has 0 heterocycles. The molecular weight excluding hydrogens is 554 g/mol. The highest BCUT2D eigenvalue weighted by Gasteiger charge is 2.32. The van der Waals surface area contributed by atoms with Gasteiger partial charge in [0.1, 0.15) is 12.6 Å². The van der Waals surface area contributed by atoms with Gasteiger partial charge in [-0.2, -0.15) is 0 Å². The molecule has 3 aromatic rings. The summed E-state index contributed by atoms with van der Waals surface area (Å²) < 4.78 is 27.5. The van der Waals surface area contributed by atoms with Crippen LogP contribution in [-0.2, 0) is 32.6 Å². The molecule has 0 aliphatic rings. The quantitative estimate of drug-likeness (QED) is 0.363. The molecule has 3 aromatic carbocycles. The van der Waals surface area contributed by atoms with E-state index in [4.69, 9.17) is 0 Å². The van der Waals surface area contributed by atoms with Gasteiger partial charge in [-0.1, -0.05) is 70.5 Å². The summed E-state index contributed by atoms with van der Waals surface area (Å²) in [5.41, 5.74) is 2.97. The van der Waals surface area contributed by atoms with Crippen molar-refractivity contribution in [2.45, 2.75) is 32.9 Å². The molecule has 0 aliphatic heterocycles. The Balaban J connectivity index is 2.04. The maximum absolute atomic E-state index is 13.9. The minimum Gasteiger partial charge on any atom is -0.355 e. The lowest BCUT2D eigenvalue weighted by Gasteiger charge is -2.33. The van der Waals surface area contributed by atoms with Crippen LogP contribution in [0.15, 0.2) is 83.3 Å². The minimum absolute atomic E-state index is 0.137. The van der Waals surface area contributed by atoms with Gasteiger partial charge in [-0.25, -0.2) is 8.42 Å². The van der Waals surface area contributed by atoms with Crippen molar-refractivity contribution >= 4 is 43.5 Å². The number of hydrogen-bond acceptors (Lipinski definition) is 4. The van der Waals surface area contributed by atoms with Gasteiger partial charge in [0, 0.05) is 24.0 Å². The predicted octanol–water partition coefficient (Wildman–Crippen LogP) is 4.30. The van der Waals surface area contributed by atoms with Crippen molar-refractivity contribution in [3.05, 3.63) is 100 Å². The van der Waals surface area contributed by atoms with E-state index in [1.54, 1.807) is 18.2 Å². The fourth-order valence-electron chi connectivity index (χ4n) is 4.07. The first-order valence-electron chi connectivity index (χ1n) is 12.0. The van der Waals surface area contributed by atoms with Crippen molar-refractivity contribution in [3.63, 3.8) is 0 Å². The first-order valence-corrected chi connectivity index (χ1v) is 14.6. The number of sulfonamides is 1. The maximum Gasteiger partial charge on any atom is 0.244 e. The highest BCUT2D eigenvalue weighted by molar-refractivity contribution is 9.10. The Labute approximate surface area is 227 Å². The van der Waals surface area contributed by atoms with Crippen molar-refractivity contribution in [2.75, 3.05) is 23.7 Å². The van der Waals surface area contributed by atoms with Crippen molar-refractivity contribution < 1.29 is 18.0 Å². The number of carbonyl (C=O) groups excluding carboxylic acids is 2. The summed E-state index contributed by atoms with van der Waals surface area (Å²) in [6.45, 7) is 3.79. The number of likely N-dealkylation sites (N-methyl/N-ethyl adjacent to an activating group) is 1. The Morgan fingerprint density at radius 1 is 0.946 bits per heavy atom. The van der Waals surface area contributed by atoms with Gasteiger partial charge in [0.2, 0.25) is 21.8 Å². The number of amides is 2. The fourth-order valence-corrected chi connectivity index (χ4v) is 5.36. The summed E-state index contributed by atoms with van der Waals surface area (Å²) in [5, 5.41) is 2.85. The van der Waals surface area contributed by atoms with E-state index in [0.717, 1.165) is 31.7 Å². The van der Waals surface area contributed by atoms with E-state index in [1.165, 1.54) is 4.90 Å². The van der Waals surface area contributed by atoms with Crippen LogP contribution in [0.2, 0.25) is 0 Å². The molecule has 0 saturated heterocycles. The first kappa shape index (κ1) is 28.4. The normalized spacial score (nSPS) is 12.0. The van der Waals surface area contributed by atoms with E-state index in [9.17, 15) is 18.0 Å². The second-order valence-corrected chi connectivity index (χ2v) is 11.7. The van der Waals surface area contributed by atoms with Crippen LogP contribution in [0.25, 0.3) is 0 Å². The summed E-state index contributed by atoms with van der Waals surface area (Å²) >= 11 is 3.47. The molecule has 37 heavy (non-hydrogen) atoms. The molecule has 7 nitrogen and oxygen atoms in total. The summed E-state index contributed by atoms with van der Waals surface area (Å²) in [5.74, 6) is -0.768. The second kappa shape index (κ2) is 12.9. The Bertz CT molecular complexity index is 1330. The van der Waals surface area contributed by atoms with E-state index in [-0.39, 0.29) is 18.9 Å². The molecule has 0 aromatic heterocycles. The van der Waals surface area contributed by atoms with Crippen molar-refractivity contribution in [1.29, 1.82) is 0 Å². The van der Waals surface area contributed by atoms with Gasteiger partial charge in [-0.05, 0) is 54.8 Å². The van der Waals surface area contributed by atoms with Crippen molar-refractivity contribution in [3.8, 4) is 0 Å². The molecule has 0 unspecified atom stereocenters. The molecule has 0 fully saturated rings. The third-order valence-electron chi connectivity index (χ3n) is 5.83. The smallest absolute Gasteiger partial charge is 0.244 e. The molecule has 1 N–H and O–H groups in total. The number of rotatable bonds is 11. The molecule has 0 saturated carbocycles. The van der Waals surface area contributed by atoms with E-state index in [0.29, 0.717) is 12.2 Å².